The molecule has 2 aliphatic rings. The molecule has 0 atom stereocenters. The van der Waals surface area contributed by atoms with Gasteiger partial charge in [0.05, 0.1) is 30.7 Å². The molecule has 0 saturated carbocycles. The van der Waals surface area contributed by atoms with Crippen LogP contribution in [0.2, 0.25) is 0 Å². The smallest absolute Gasteiger partial charge is 0.416 e. The highest BCUT2D eigenvalue weighted by Gasteiger charge is 2.31. The molecule has 5 rings (SSSR count). The van der Waals surface area contributed by atoms with E-state index < -0.39 is 11.7 Å². The summed E-state index contributed by atoms with van der Waals surface area (Å²) in [5, 5.41) is 0.850. The van der Waals surface area contributed by atoms with Crippen molar-refractivity contribution in [1.82, 2.24) is 14.9 Å². The van der Waals surface area contributed by atoms with Gasteiger partial charge in [-0.15, -0.1) is 11.3 Å². The van der Waals surface area contributed by atoms with Crippen molar-refractivity contribution in [3.05, 3.63) is 46.1 Å². The van der Waals surface area contributed by atoms with Crippen LogP contribution in [-0.2, 0) is 30.3 Å². The highest BCUT2D eigenvalue weighted by molar-refractivity contribution is 7.18. The monoisotopic (exact) mass is 449 g/mol. The zero-order chi connectivity index (χ0) is 21.4. The Morgan fingerprint density at radius 1 is 1.10 bits per heavy atom. The molecule has 5 nitrogen and oxygen atoms in total. The molecule has 0 bridgehead atoms. The van der Waals surface area contributed by atoms with Gasteiger partial charge >= 0.3 is 6.18 Å². The molecule has 1 aliphatic carbocycles. The maximum atomic E-state index is 13.2. The Morgan fingerprint density at radius 2 is 1.90 bits per heavy atom. The number of fused-ring (bicyclic) bond motifs is 3. The Bertz CT molecular complexity index is 1090. The fraction of sp³-hybridized carbons (Fsp3) is 0.455. The summed E-state index contributed by atoms with van der Waals surface area (Å²) >= 11 is 1.65. The highest BCUT2D eigenvalue weighted by atomic mass is 32.1. The summed E-state index contributed by atoms with van der Waals surface area (Å²) in [6, 6.07) is 4.95. The largest absolute Gasteiger partial charge is 0.438 e. The number of nitrogens with zero attached hydrogens (tertiary/aromatic N) is 3. The normalized spacial score (nSPS) is 17.6. The van der Waals surface area contributed by atoms with Crippen molar-refractivity contribution in [3.8, 4) is 11.6 Å². The SMILES string of the molecule is FC(F)(F)c1cccc(Oc2nc(CN3CCOCC3)nc3sc4c(c23)CCCC4)c1. The van der Waals surface area contributed by atoms with Crippen LogP contribution in [0.3, 0.4) is 0 Å². The summed E-state index contributed by atoms with van der Waals surface area (Å²) in [5.41, 5.74) is 0.447. The first-order valence-corrected chi connectivity index (χ1v) is 11.3. The number of aryl methyl sites for hydroxylation is 2. The third-order valence-corrected chi connectivity index (χ3v) is 6.86. The van der Waals surface area contributed by atoms with E-state index in [1.54, 1.807) is 11.3 Å². The summed E-state index contributed by atoms with van der Waals surface area (Å²) in [6.07, 6.45) is -0.295. The Kier molecular flexibility index (Phi) is 5.58. The number of rotatable bonds is 4. The lowest BCUT2D eigenvalue weighted by molar-refractivity contribution is -0.137. The summed E-state index contributed by atoms with van der Waals surface area (Å²) in [6.45, 7) is 3.49. The summed E-state index contributed by atoms with van der Waals surface area (Å²) in [4.78, 5) is 13.8. The van der Waals surface area contributed by atoms with Crippen molar-refractivity contribution in [1.29, 1.82) is 0 Å². The van der Waals surface area contributed by atoms with E-state index in [1.165, 1.54) is 22.6 Å². The predicted molar refractivity (Wildman–Crippen MR) is 112 cm³/mol. The first-order valence-electron chi connectivity index (χ1n) is 10.4. The summed E-state index contributed by atoms with van der Waals surface area (Å²) in [5.74, 6) is 1.10. The van der Waals surface area contributed by atoms with Crippen molar-refractivity contribution in [2.24, 2.45) is 0 Å². The number of hydrogen-bond donors (Lipinski definition) is 0. The average molecular weight is 449 g/mol. The fourth-order valence-corrected chi connectivity index (χ4v) is 5.39. The molecule has 164 valence electrons. The molecule has 0 spiro atoms. The van der Waals surface area contributed by atoms with Crippen LogP contribution in [0.1, 0.15) is 34.7 Å². The van der Waals surface area contributed by atoms with Crippen LogP contribution in [0.5, 0.6) is 11.6 Å². The summed E-state index contributed by atoms with van der Waals surface area (Å²) in [7, 11) is 0. The average Bonchev–Trinajstić information content (AvgIpc) is 3.13. The number of aromatic nitrogens is 2. The Hall–Kier alpha value is -2.23. The molecule has 1 aromatic carbocycles. The zero-order valence-corrected chi connectivity index (χ0v) is 17.7. The van der Waals surface area contributed by atoms with Crippen LogP contribution in [0.25, 0.3) is 10.2 Å². The lowest BCUT2D eigenvalue weighted by atomic mass is 9.97. The molecule has 2 aromatic heterocycles. The van der Waals surface area contributed by atoms with Gasteiger partial charge in [-0.25, -0.2) is 4.98 Å². The number of alkyl halides is 3. The molecule has 3 aromatic rings. The second-order valence-corrected chi connectivity index (χ2v) is 8.94. The van der Waals surface area contributed by atoms with E-state index >= 15 is 0 Å². The van der Waals surface area contributed by atoms with Crippen LogP contribution in [0, 0.1) is 0 Å². The van der Waals surface area contributed by atoms with Crippen molar-refractivity contribution in [2.75, 3.05) is 26.3 Å². The van der Waals surface area contributed by atoms with Crippen LogP contribution in [-0.4, -0.2) is 41.2 Å². The van der Waals surface area contributed by atoms with Gasteiger partial charge in [0.25, 0.3) is 0 Å². The van der Waals surface area contributed by atoms with Gasteiger partial charge in [-0.1, -0.05) is 6.07 Å². The van der Waals surface area contributed by atoms with Crippen molar-refractivity contribution < 1.29 is 22.6 Å². The first-order chi connectivity index (χ1) is 15.0. The van der Waals surface area contributed by atoms with Gasteiger partial charge in [-0.05, 0) is 49.4 Å². The van der Waals surface area contributed by atoms with Gasteiger partial charge in [-0.2, -0.15) is 18.2 Å². The van der Waals surface area contributed by atoms with Crippen molar-refractivity contribution in [2.45, 2.75) is 38.4 Å². The number of thiophene rings is 1. The molecule has 0 N–H and O–H groups in total. The predicted octanol–water partition coefficient (Wildman–Crippen LogP) is 5.21. The van der Waals surface area contributed by atoms with E-state index in [0.29, 0.717) is 31.5 Å². The number of hydrogen-bond acceptors (Lipinski definition) is 6. The Balaban J connectivity index is 1.55. The topological polar surface area (TPSA) is 47.5 Å². The van der Waals surface area contributed by atoms with Gasteiger partial charge < -0.3 is 9.47 Å². The highest BCUT2D eigenvalue weighted by Crippen LogP contribution is 2.41. The number of ether oxygens (including phenoxy) is 2. The third kappa shape index (κ3) is 4.40. The van der Waals surface area contributed by atoms with Crippen LogP contribution in [0.4, 0.5) is 13.2 Å². The summed E-state index contributed by atoms with van der Waals surface area (Å²) < 4.78 is 50.9. The minimum Gasteiger partial charge on any atom is -0.438 e. The molecule has 0 radical (unpaired) electrons. The maximum Gasteiger partial charge on any atom is 0.416 e. The molecule has 31 heavy (non-hydrogen) atoms. The molecule has 9 heteroatoms. The van der Waals surface area contributed by atoms with E-state index in [1.807, 2.05) is 0 Å². The van der Waals surface area contributed by atoms with Gasteiger partial charge in [-0.3, -0.25) is 4.90 Å². The van der Waals surface area contributed by atoms with Gasteiger partial charge in [0, 0.05) is 18.0 Å². The molecule has 3 heterocycles. The molecule has 1 aliphatic heterocycles. The van der Waals surface area contributed by atoms with Gasteiger partial charge in [0.2, 0.25) is 5.88 Å². The minimum absolute atomic E-state index is 0.128. The van der Waals surface area contributed by atoms with E-state index in [0.717, 1.165) is 61.1 Å². The quantitative estimate of drug-likeness (QED) is 0.547. The maximum absolute atomic E-state index is 13.2. The van der Waals surface area contributed by atoms with Gasteiger partial charge in [0.1, 0.15) is 16.4 Å². The van der Waals surface area contributed by atoms with E-state index in [9.17, 15) is 13.2 Å². The van der Waals surface area contributed by atoms with E-state index in [-0.39, 0.29) is 5.75 Å². The third-order valence-electron chi connectivity index (χ3n) is 5.67. The Labute approximate surface area is 181 Å². The molecule has 0 amide bonds. The van der Waals surface area contributed by atoms with E-state index in [4.69, 9.17) is 14.5 Å². The van der Waals surface area contributed by atoms with Crippen molar-refractivity contribution in [3.63, 3.8) is 0 Å². The minimum atomic E-state index is -4.43. The zero-order valence-electron chi connectivity index (χ0n) is 16.9. The first kappa shape index (κ1) is 20.7. The van der Waals surface area contributed by atoms with Crippen LogP contribution in [0.15, 0.2) is 24.3 Å². The fourth-order valence-electron chi connectivity index (χ4n) is 4.12. The number of halogens is 3. The molecule has 0 unspecified atom stereocenters. The van der Waals surface area contributed by atoms with Crippen LogP contribution >= 0.6 is 11.3 Å². The molecule has 1 saturated heterocycles. The molecular formula is C22H22F3N3O2S. The molecular weight excluding hydrogens is 427 g/mol. The second kappa shape index (κ2) is 8.37. The molecule has 1 fully saturated rings. The van der Waals surface area contributed by atoms with Crippen LogP contribution < -0.4 is 4.74 Å². The number of benzene rings is 1. The lowest BCUT2D eigenvalue weighted by Crippen LogP contribution is -2.36. The lowest BCUT2D eigenvalue weighted by Gasteiger charge is -2.25. The Morgan fingerprint density at radius 3 is 2.71 bits per heavy atom. The van der Waals surface area contributed by atoms with E-state index in [2.05, 4.69) is 9.88 Å². The standard InChI is InChI=1S/C22H22F3N3O2S/c23-22(24,25)14-4-3-5-15(12-14)30-20-19-16-6-1-2-7-17(16)31-21(19)27-18(26-20)13-28-8-10-29-11-9-28/h3-5,12H,1-2,6-11,13H2. The van der Waals surface area contributed by atoms with Crippen molar-refractivity contribution >= 4 is 21.6 Å². The second-order valence-electron chi connectivity index (χ2n) is 7.85. The van der Waals surface area contributed by atoms with Gasteiger partial charge in [0.15, 0.2) is 0 Å². The number of morpholine rings is 1.